The van der Waals surface area contributed by atoms with E-state index < -0.39 is 24.0 Å². The molecule has 0 unspecified atom stereocenters. The standard InChI is InChI=1S/C20H22FN5O4/c1-12(27)23-10-16-11-26(20(29)30-16)15-6-7-17(18(21)8-15)14-4-2-13(3-5-14)9-24-25-19(22)28/h2-8,16,24H,9-11H2,1H3,(H,23,27)(H3,22,25,28)/t16-/m0/s1. The number of hydrogen-bond donors (Lipinski definition) is 4. The van der Waals surface area contributed by atoms with Crippen molar-refractivity contribution >= 4 is 23.7 Å². The lowest BCUT2D eigenvalue weighted by Crippen LogP contribution is -2.40. The number of primary amides is 1. The van der Waals surface area contributed by atoms with Gasteiger partial charge in [-0.15, -0.1) is 0 Å². The van der Waals surface area contributed by atoms with Gasteiger partial charge in [-0.1, -0.05) is 24.3 Å². The number of hydrazine groups is 1. The van der Waals surface area contributed by atoms with E-state index in [9.17, 15) is 18.8 Å². The van der Waals surface area contributed by atoms with Crippen LogP contribution in [0.25, 0.3) is 11.1 Å². The summed E-state index contributed by atoms with van der Waals surface area (Å²) < 4.78 is 20.0. The normalized spacial score (nSPS) is 15.6. The smallest absolute Gasteiger partial charge is 0.414 e. The van der Waals surface area contributed by atoms with Crippen LogP contribution in [0.2, 0.25) is 0 Å². The summed E-state index contributed by atoms with van der Waals surface area (Å²) in [6.07, 6.45) is -1.08. The number of rotatable bonds is 7. The fourth-order valence-corrected chi connectivity index (χ4v) is 3.04. The Balaban J connectivity index is 1.67. The lowest BCUT2D eigenvalue weighted by atomic mass is 10.0. The molecule has 1 aliphatic rings. The van der Waals surface area contributed by atoms with Gasteiger partial charge in [0.05, 0.1) is 18.8 Å². The Morgan fingerprint density at radius 3 is 2.60 bits per heavy atom. The Kier molecular flexibility index (Phi) is 6.48. The third-order valence-electron chi connectivity index (χ3n) is 4.49. The van der Waals surface area contributed by atoms with Gasteiger partial charge in [0.1, 0.15) is 11.9 Å². The molecule has 1 saturated heterocycles. The maximum absolute atomic E-state index is 14.7. The maximum atomic E-state index is 14.7. The van der Waals surface area contributed by atoms with Gasteiger partial charge in [-0.2, -0.15) is 0 Å². The van der Waals surface area contributed by atoms with Crippen LogP contribution in [-0.2, 0) is 16.1 Å². The highest BCUT2D eigenvalue weighted by molar-refractivity contribution is 5.90. The number of carbonyl (C=O) groups is 3. The van der Waals surface area contributed by atoms with E-state index in [0.29, 0.717) is 23.4 Å². The first-order chi connectivity index (χ1) is 14.3. The van der Waals surface area contributed by atoms with Gasteiger partial charge in [-0.05, 0) is 29.3 Å². The van der Waals surface area contributed by atoms with Crippen molar-refractivity contribution < 1.29 is 23.5 Å². The molecule has 9 nitrogen and oxygen atoms in total. The van der Waals surface area contributed by atoms with Crippen LogP contribution in [-0.4, -0.2) is 37.2 Å². The van der Waals surface area contributed by atoms with Crippen molar-refractivity contribution in [3.8, 4) is 11.1 Å². The summed E-state index contributed by atoms with van der Waals surface area (Å²) in [7, 11) is 0. The highest BCUT2D eigenvalue weighted by atomic mass is 19.1. The molecule has 0 bridgehead atoms. The molecule has 2 aromatic rings. The second kappa shape index (κ2) is 9.23. The second-order valence-electron chi connectivity index (χ2n) is 6.76. The van der Waals surface area contributed by atoms with Crippen molar-refractivity contribution in [1.82, 2.24) is 16.2 Å². The summed E-state index contributed by atoms with van der Waals surface area (Å²) in [6.45, 7) is 2.16. The van der Waals surface area contributed by atoms with Crippen LogP contribution in [0.4, 0.5) is 19.7 Å². The minimum absolute atomic E-state index is 0.203. The molecule has 0 radical (unpaired) electrons. The number of amides is 4. The van der Waals surface area contributed by atoms with Gasteiger partial charge in [0.25, 0.3) is 0 Å². The van der Waals surface area contributed by atoms with E-state index in [4.69, 9.17) is 10.5 Å². The summed E-state index contributed by atoms with van der Waals surface area (Å²) in [4.78, 5) is 35.1. The Morgan fingerprint density at radius 1 is 1.23 bits per heavy atom. The molecule has 4 amide bonds. The van der Waals surface area contributed by atoms with E-state index in [1.54, 1.807) is 36.4 Å². The number of urea groups is 1. The van der Waals surface area contributed by atoms with Crippen molar-refractivity contribution in [2.24, 2.45) is 5.73 Å². The number of anilines is 1. The Morgan fingerprint density at radius 2 is 1.97 bits per heavy atom. The van der Waals surface area contributed by atoms with Crippen LogP contribution in [0.5, 0.6) is 0 Å². The molecular weight excluding hydrogens is 393 g/mol. The average molecular weight is 415 g/mol. The number of nitrogens with one attached hydrogen (secondary N) is 3. The molecule has 30 heavy (non-hydrogen) atoms. The molecule has 1 aliphatic heterocycles. The number of benzene rings is 2. The van der Waals surface area contributed by atoms with E-state index in [1.807, 2.05) is 0 Å². The zero-order valence-electron chi connectivity index (χ0n) is 16.3. The van der Waals surface area contributed by atoms with Crippen LogP contribution >= 0.6 is 0 Å². The predicted octanol–water partition coefficient (Wildman–Crippen LogP) is 1.63. The van der Waals surface area contributed by atoms with Gasteiger partial charge in [0.15, 0.2) is 0 Å². The van der Waals surface area contributed by atoms with Crippen LogP contribution in [0.1, 0.15) is 12.5 Å². The van der Waals surface area contributed by atoms with Crippen LogP contribution in [0.3, 0.4) is 0 Å². The molecule has 3 rings (SSSR count). The maximum Gasteiger partial charge on any atom is 0.414 e. The van der Waals surface area contributed by atoms with Gasteiger partial charge in [0, 0.05) is 19.0 Å². The van der Waals surface area contributed by atoms with Crippen molar-refractivity contribution in [1.29, 1.82) is 0 Å². The first-order valence-corrected chi connectivity index (χ1v) is 9.23. The third kappa shape index (κ3) is 5.23. The minimum atomic E-state index is -0.683. The molecule has 5 N–H and O–H groups in total. The number of nitrogens with two attached hydrogens (primary N) is 1. The van der Waals surface area contributed by atoms with Crippen LogP contribution < -0.4 is 26.8 Å². The van der Waals surface area contributed by atoms with E-state index in [1.165, 1.54) is 17.9 Å². The summed E-state index contributed by atoms with van der Waals surface area (Å²) >= 11 is 0. The molecule has 1 atom stereocenters. The SMILES string of the molecule is CC(=O)NC[C@H]1CN(c2ccc(-c3ccc(CNNC(N)=O)cc3)c(F)c2)C(=O)O1. The molecular formula is C20H22FN5O4. The summed E-state index contributed by atoms with van der Waals surface area (Å²) in [6, 6.07) is 10.9. The highest BCUT2D eigenvalue weighted by Crippen LogP contribution is 2.29. The zero-order valence-corrected chi connectivity index (χ0v) is 16.3. The molecule has 0 aliphatic carbocycles. The van der Waals surface area contributed by atoms with Gasteiger partial charge in [-0.25, -0.2) is 19.4 Å². The van der Waals surface area contributed by atoms with E-state index >= 15 is 0 Å². The van der Waals surface area contributed by atoms with Gasteiger partial charge < -0.3 is 15.8 Å². The highest BCUT2D eigenvalue weighted by Gasteiger charge is 2.32. The van der Waals surface area contributed by atoms with Gasteiger partial charge >= 0.3 is 12.1 Å². The van der Waals surface area contributed by atoms with E-state index in [2.05, 4.69) is 16.2 Å². The van der Waals surface area contributed by atoms with Gasteiger partial charge in [-0.3, -0.25) is 15.1 Å². The Hall–Kier alpha value is -3.66. The van der Waals surface area contributed by atoms with Crippen molar-refractivity contribution in [3.63, 3.8) is 0 Å². The molecule has 1 heterocycles. The van der Waals surface area contributed by atoms with Crippen molar-refractivity contribution in [2.45, 2.75) is 19.6 Å². The van der Waals surface area contributed by atoms with Crippen molar-refractivity contribution in [2.75, 3.05) is 18.0 Å². The lowest BCUT2D eigenvalue weighted by molar-refractivity contribution is -0.119. The number of nitrogens with zero attached hydrogens (tertiary/aromatic N) is 1. The van der Waals surface area contributed by atoms with E-state index in [0.717, 1.165) is 5.56 Å². The number of carbonyl (C=O) groups excluding carboxylic acids is 3. The molecule has 1 fully saturated rings. The Labute approximate surface area is 172 Å². The third-order valence-corrected chi connectivity index (χ3v) is 4.49. The minimum Gasteiger partial charge on any atom is -0.442 e. The van der Waals surface area contributed by atoms with E-state index in [-0.39, 0.29) is 19.0 Å². The monoisotopic (exact) mass is 415 g/mol. The number of cyclic esters (lactones) is 1. The van der Waals surface area contributed by atoms with Crippen LogP contribution in [0, 0.1) is 5.82 Å². The lowest BCUT2D eigenvalue weighted by Gasteiger charge is -2.15. The number of ether oxygens (including phenoxy) is 1. The average Bonchev–Trinajstić information content (AvgIpc) is 3.07. The molecule has 10 heteroatoms. The summed E-state index contributed by atoms with van der Waals surface area (Å²) in [5.74, 6) is -0.697. The quantitative estimate of drug-likeness (QED) is 0.512. The first kappa shape index (κ1) is 21.1. The van der Waals surface area contributed by atoms with Crippen LogP contribution in [0.15, 0.2) is 42.5 Å². The van der Waals surface area contributed by atoms with Crippen molar-refractivity contribution in [3.05, 3.63) is 53.8 Å². The topological polar surface area (TPSA) is 126 Å². The predicted molar refractivity (Wildman–Crippen MR) is 108 cm³/mol. The molecule has 0 aromatic heterocycles. The fraction of sp³-hybridized carbons (Fsp3) is 0.250. The largest absolute Gasteiger partial charge is 0.442 e. The second-order valence-corrected chi connectivity index (χ2v) is 6.76. The summed E-state index contributed by atoms with van der Waals surface area (Å²) in [5.41, 5.74) is 12.2. The molecule has 0 spiro atoms. The first-order valence-electron chi connectivity index (χ1n) is 9.23. The fourth-order valence-electron chi connectivity index (χ4n) is 3.04. The summed E-state index contributed by atoms with van der Waals surface area (Å²) in [5, 5.41) is 2.60. The molecule has 158 valence electrons. The van der Waals surface area contributed by atoms with Gasteiger partial charge in [0.2, 0.25) is 5.91 Å². The molecule has 0 saturated carbocycles. The molecule has 2 aromatic carbocycles. The zero-order chi connectivity index (χ0) is 21.7. The number of hydrogen-bond acceptors (Lipinski definition) is 5. The number of halogens is 1. The Bertz CT molecular complexity index is 951.